The maximum Gasteiger partial charge on any atom is 0.327 e. The Kier molecular flexibility index (Phi) is 5.16. The number of hydrogen-bond donors (Lipinski definition) is 2. The van der Waals surface area contributed by atoms with Crippen molar-refractivity contribution in [2.45, 2.75) is 51.2 Å². The number of aryl methyl sites for hydroxylation is 1. The third kappa shape index (κ3) is 3.94. The summed E-state index contributed by atoms with van der Waals surface area (Å²) in [4.78, 5) is 49.8. The molecule has 0 bridgehead atoms. The molecular weight excluding hydrogens is 350 g/mol. The highest BCUT2D eigenvalue weighted by atomic mass is 16.5. The molecule has 1 aliphatic carbocycles. The fraction of sp³-hybridized carbons (Fsp3) is 0.474. The van der Waals surface area contributed by atoms with E-state index in [9.17, 15) is 19.2 Å². The molecule has 1 heterocycles. The Morgan fingerprint density at radius 2 is 2.00 bits per heavy atom. The van der Waals surface area contributed by atoms with Crippen LogP contribution in [0.1, 0.15) is 38.2 Å². The maximum atomic E-state index is 12.5. The van der Waals surface area contributed by atoms with Crippen LogP contribution in [0, 0.1) is 6.92 Å². The summed E-state index contributed by atoms with van der Waals surface area (Å²) in [6, 6.07) is 6.64. The summed E-state index contributed by atoms with van der Waals surface area (Å²) in [5, 5.41) is 5.36. The van der Waals surface area contributed by atoms with Gasteiger partial charge in [-0.1, -0.05) is 25.0 Å². The number of nitrogens with zero attached hydrogens (tertiary/aromatic N) is 1. The largest absolute Gasteiger partial charge is 0.451 e. The number of hydrogen-bond acceptors (Lipinski definition) is 5. The minimum Gasteiger partial charge on any atom is -0.451 e. The molecule has 2 aliphatic rings. The summed E-state index contributed by atoms with van der Waals surface area (Å²) in [7, 11) is 0. The molecule has 1 aromatic rings. The first-order valence-corrected chi connectivity index (χ1v) is 9.02. The summed E-state index contributed by atoms with van der Waals surface area (Å²) in [5.41, 5.74) is 0.711. The quantitative estimate of drug-likeness (QED) is 0.604. The van der Waals surface area contributed by atoms with E-state index >= 15 is 0 Å². The highest BCUT2D eigenvalue weighted by molar-refractivity contribution is 6.09. The van der Waals surface area contributed by atoms with E-state index in [4.69, 9.17) is 4.74 Å². The first-order valence-electron chi connectivity index (χ1n) is 9.02. The molecule has 1 aliphatic heterocycles. The van der Waals surface area contributed by atoms with Crippen molar-refractivity contribution >= 4 is 29.5 Å². The Morgan fingerprint density at radius 1 is 1.30 bits per heavy atom. The monoisotopic (exact) mass is 373 g/mol. The lowest BCUT2D eigenvalue weighted by molar-refractivity contribution is -0.155. The first-order chi connectivity index (χ1) is 12.8. The zero-order valence-corrected chi connectivity index (χ0v) is 15.4. The third-order valence-corrected chi connectivity index (χ3v) is 4.95. The van der Waals surface area contributed by atoms with Crippen molar-refractivity contribution in [3.8, 4) is 0 Å². The van der Waals surface area contributed by atoms with Crippen LogP contribution in [0.15, 0.2) is 24.3 Å². The van der Waals surface area contributed by atoms with Crippen LogP contribution in [0.4, 0.5) is 10.5 Å². The smallest absolute Gasteiger partial charge is 0.327 e. The van der Waals surface area contributed by atoms with Gasteiger partial charge in [0.2, 0.25) is 0 Å². The number of nitrogens with one attached hydrogen (secondary N) is 2. The Labute approximate surface area is 157 Å². The van der Waals surface area contributed by atoms with Crippen molar-refractivity contribution < 1.29 is 23.9 Å². The minimum atomic E-state index is -1.06. The average Bonchev–Trinajstić information content (AvgIpc) is 3.16. The summed E-state index contributed by atoms with van der Waals surface area (Å²) in [6.07, 6.45) is 1.83. The van der Waals surface area contributed by atoms with Crippen molar-refractivity contribution in [3.63, 3.8) is 0 Å². The van der Waals surface area contributed by atoms with Crippen molar-refractivity contribution in [2.24, 2.45) is 0 Å². The summed E-state index contributed by atoms with van der Waals surface area (Å²) >= 11 is 0. The SMILES string of the molecule is Cc1cccc(NC(=O)[C@H](C)OC(=O)CN2C(=O)NC3(CCCC3)C2=O)c1. The van der Waals surface area contributed by atoms with Crippen LogP contribution in [-0.2, 0) is 19.1 Å². The average molecular weight is 373 g/mol. The fourth-order valence-electron chi connectivity index (χ4n) is 3.52. The second-order valence-electron chi connectivity index (χ2n) is 7.10. The summed E-state index contributed by atoms with van der Waals surface area (Å²) in [5.74, 6) is -1.68. The van der Waals surface area contributed by atoms with Crippen LogP contribution in [0.3, 0.4) is 0 Å². The molecule has 1 saturated heterocycles. The number of urea groups is 1. The molecule has 2 N–H and O–H groups in total. The Hall–Kier alpha value is -2.90. The molecule has 8 heteroatoms. The molecule has 1 saturated carbocycles. The van der Waals surface area contributed by atoms with E-state index in [0.29, 0.717) is 18.5 Å². The number of carbonyl (C=O) groups excluding carboxylic acids is 4. The van der Waals surface area contributed by atoms with Crippen LogP contribution in [0.2, 0.25) is 0 Å². The molecule has 1 spiro atoms. The van der Waals surface area contributed by atoms with Crippen molar-refractivity contribution in [3.05, 3.63) is 29.8 Å². The van der Waals surface area contributed by atoms with E-state index in [1.807, 2.05) is 13.0 Å². The standard InChI is InChI=1S/C19H23N3O5/c1-12-6-5-7-14(10-12)20-16(24)13(2)27-15(23)11-22-17(25)19(21-18(22)26)8-3-4-9-19/h5-7,10,13H,3-4,8-9,11H2,1-2H3,(H,20,24)(H,21,26)/t13-/m0/s1. The second-order valence-corrected chi connectivity index (χ2v) is 7.10. The lowest BCUT2D eigenvalue weighted by Gasteiger charge is -2.20. The molecule has 2 fully saturated rings. The molecular formula is C19H23N3O5. The van der Waals surface area contributed by atoms with Gasteiger partial charge in [0.25, 0.3) is 11.8 Å². The van der Waals surface area contributed by atoms with Crippen LogP contribution in [0.25, 0.3) is 0 Å². The number of carbonyl (C=O) groups is 4. The van der Waals surface area contributed by atoms with Crippen LogP contribution >= 0.6 is 0 Å². The molecule has 27 heavy (non-hydrogen) atoms. The molecule has 144 valence electrons. The number of rotatable bonds is 5. The van der Waals surface area contributed by atoms with E-state index in [2.05, 4.69) is 10.6 Å². The van der Waals surface area contributed by atoms with Gasteiger partial charge in [-0.25, -0.2) is 4.79 Å². The van der Waals surface area contributed by atoms with Gasteiger partial charge in [0.05, 0.1) is 0 Å². The Balaban J connectivity index is 1.55. The lowest BCUT2D eigenvalue weighted by Crippen LogP contribution is -2.44. The highest BCUT2D eigenvalue weighted by Gasteiger charge is 2.52. The number of benzene rings is 1. The molecule has 4 amide bonds. The number of ether oxygens (including phenoxy) is 1. The molecule has 1 atom stereocenters. The molecule has 0 aromatic heterocycles. The van der Waals surface area contributed by atoms with Gasteiger partial charge in [-0.05, 0) is 44.4 Å². The lowest BCUT2D eigenvalue weighted by atomic mass is 9.98. The topological polar surface area (TPSA) is 105 Å². The number of esters is 1. The van der Waals surface area contributed by atoms with Crippen molar-refractivity contribution in [1.82, 2.24) is 10.2 Å². The maximum absolute atomic E-state index is 12.5. The number of imide groups is 1. The minimum absolute atomic E-state index is 0.390. The molecule has 1 aromatic carbocycles. The summed E-state index contributed by atoms with van der Waals surface area (Å²) < 4.78 is 5.10. The highest BCUT2D eigenvalue weighted by Crippen LogP contribution is 2.34. The van der Waals surface area contributed by atoms with Crippen molar-refractivity contribution in [1.29, 1.82) is 0 Å². The fourth-order valence-corrected chi connectivity index (χ4v) is 3.52. The predicted molar refractivity (Wildman–Crippen MR) is 96.8 cm³/mol. The van der Waals surface area contributed by atoms with Crippen LogP contribution in [-0.4, -0.2) is 46.9 Å². The van der Waals surface area contributed by atoms with Crippen LogP contribution < -0.4 is 10.6 Å². The van der Waals surface area contributed by atoms with Gasteiger partial charge in [-0.15, -0.1) is 0 Å². The predicted octanol–water partition coefficient (Wildman–Crippen LogP) is 1.73. The van der Waals surface area contributed by atoms with Gasteiger partial charge in [0.15, 0.2) is 6.10 Å². The van der Waals surface area contributed by atoms with E-state index in [-0.39, 0.29) is 5.91 Å². The van der Waals surface area contributed by atoms with Crippen LogP contribution in [0.5, 0.6) is 0 Å². The molecule has 8 nitrogen and oxygen atoms in total. The Morgan fingerprint density at radius 3 is 2.67 bits per heavy atom. The first kappa shape index (κ1) is 18.9. The van der Waals surface area contributed by atoms with Gasteiger partial charge in [0.1, 0.15) is 12.1 Å². The second kappa shape index (κ2) is 7.38. The molecule has 0 unspecified atom stereocenters. The number of amides is 4. The van der Waals surface area contributed by atoms with E-state index in [1.165, 1.54) is 6.92 Å². The zero-order valence-electron chi connectivity index (χ0n) is 15.4. The van der Waals surface area contributed by atoms with E-state index in [0.717, 1.165) is 23.3 Å². The third-order valence-electron chi connectivity index (χ3n) is 4.95. The van der Waals surface area contributed by atoms with Crippen molar-refractivity contribution in [2.75, 3.05) is 11.9 Å². The van der Waals surface area contributed by atoms with Gasteiger partial charge in [-0.3, -0.25) is 19.3 Å². The van der Waals surface area contributed by atoms with Gasteiger partial charge >= 0.3 is 12.0 Å². The van der Waals surface area contributed by atoms with E-state index in [1.54, 1.807) is 18.2 Å². The molecule has 0 radical (unpaired) electrons. The van der Waals surface area contributed by atoms with Gasteiger partial charge < -0.3 is 15.4 Å². The number of anilines is 1. The molecule has 3 rings (SSSR count). The normalized spacial score (nSPS) is 19.1. The zero-order chi connectivity index (χ0) is 19.6. The Bertz CT molecular complexity index is 785. The van der Waals surface area contributed by atoms with Gasteiger partial charge in [0, 0.05) is 5.69 Å². The van der Waals surface area contributed by atoms with Gasteiger partial charge in [-0.2, -0.15) is 0 Å². The summed E-state index contributed by atoms with van der Waals surface area (Å²) in [6.45, 7) is 2.83. The van der Waals surface area contributed by atoms with E-state index < -0.39 is 36.1 Å².